The molecule has 1 rings (SSSR count). The number of rotatable bonds is 2. The van der Waals surface area contributed by atoms with Crippen molar-refractivity contribution in [3.05, 3.63) is 24.3 Å². The van der Waals surface area contributed by atoms with E-state index in [0.717, 1.165) is 9.79 Å². The predicted octanol–water partition coefficient (Wildman–Crippen LogP) is 2.63. The van der Waals surface area contributed by atoms with Gasteiger partial charge in [0.1, 0.15) is 0 Å². The van der Waals surface area contributed by atoms with Crippen LogP contribution in [0.4, 0.5) is 0 Å². The normalized spacial score (nSPS) is 9.80. The molecule has 0 aliphatic rings. The Morgan fingerprint density at radius 2 is 1.90 bits per heavy atom. The molecule has 10 heavy (non-hydrogen) atoms. The summed E-state index contributed by atoms with van der Waals surface area (Å²) in [4.78, 5) is 2.07. The van der Waals surface area contributed by atoms with Gasteiger partial charge in [0.05, 0.1) is 7.11 Å². The first-order chi connectivity index (χ1) is 4.83. The van der Waals surface area contributed by atoms with E-state index < -0.39 is 0 Å². The standard InChI is InChI=1S/C7H8OS2/c1-8-10-7-4-2-6(9)3-5-7/h2-5,9H,1H3. The van der Waals surface area contributed by atoms with E-state index >= 15 is 0 Å². The SMILES string of the molecule is COSc1ccc(S)cc1. The van der Waals surface area contributed by atoms with E-state index in [1.807, 2.05) is 24.3 Å². The average molecular weight is 172 g/mol. The van der Waals surface area contributed by atoms with Gasteiger partial charge in [0, 0.05) is 21.8 Å². The lowest BCUT2D eigenvalue weighted by Crippen LogP contribution is -1.71. The van der Waals surface area contributed by atoms with Crippen molar-refractivity contribution in [2.75, 3.05) is 7.11 Å². The van der Waals surface area contributed by atoms with Crippen LogP contribution in [0.3, 0.4) is 0 Å². The number of hydrogen-bond donors (Lipinski definition) is 1. The molecule has 0 fully saturated rings. The maximum atomic E-state index is 4.86. The second-order valence-electron chi connectivity index (χ2n) is 1.74. The van der Waals surface area contributed by atoms with E-state index in [1.165, 1.54) is 12.0 Å². The Morgan fingerprint density at radius 3 is 2.40 bits per heavy atom. The third-order valence-corrected chi connectivity index (χ3v) is 1.95. The molecular weight excluding hydrogens is 164 g/mol. The topological polar surface area (TPSA) is 9.23 Å². The van der Waals surface area contributed by atoms with Crippen LogP contribution >= 0.6 is 24.7 Å². The second kappa shape index (κ2) is 3.91. The fourth-order valence-corrected chi connectivity index (χ4v) is 1.19. The van der Waals surface area contributed by atoms with Crippen molar-refractivity contribution >= 4 is 24.7 Å². The van der Waals surface area contributed by atoms with Crippen LogP contribution < -0.4 is 0 Å². The lowest BCUT2D eigenvalue weighted by atomic mass is 10.4. The number of hydrogen-bond acceptors (Lipinski definition) is 3. The molecule has 3 heteroatoms. The first-order valence-electron chi connectivity index (χ1n) is 2.82. The summed E-state index contributed by atoms with van der Waals surface area (Å²) in [5, 5.41) is 0. The van der Waals surface area contributed by atoms with Crippen molar-refractivity contribution < 1.29 is 4.18 Å². The lowest BCUT2D eigenvalue weighted by molar-refractivity contribution is 0.490. The highest BCUT2D eigenvalue weighted by Gasteiger charge is 1.90. The Kier molecular flexibility index (Phi) is 3.12. The molecular formula is C7H8OS2. The van der Waals surface area contributed by atoms with Crippen LogP contribution in [0, 0.1) is 0 Å². The van der Waals surface area contributed by atoms with Gasteiger partial charge in [-0.25, -0.2) is 0 Å². The van der Waals surface area contributed by atoms with E-state index in [1.54, 1.807) is 7.11 Å². The van der Waals surface area contributed by atoms with Gasteiger partial charge in [-0.2, -0.15) is 0 Å². The summed E-state index contributed by atoms with van der Waals surface area (Å²) in [7, 11) is 1.65. The maximum absolute atomic E-state index is 4.86. The van der Waals surface area contributed by atoms with Gasteiger partial charge in [-0.3, -0.25) is 0 Å². The number of thiol groups is 1. The van der Waals surface area contributed by atoms with Gasteiger partial charge < -0.3 is 4.18 Å². The molecule has 1 aromatic carbocycles. The smallest absolute Gasteiger partial charge is 0.0508 e. The summed E-state index contributed by atoms with van der Waals surface area (Å²) in [6, 6.07) is 7.81. The Hall–Kier alpha value is -0.120. The Labute approximate surface area is 70.4 Å². The van der Waals surface area contributed by atoms with Crippen molar-refractivity contribution in [2.24, 2.45) is 0 Å². The molecule has 0 atom stereocenters. The van der Waals surface area contributed by atoms with Crippen molar-refractivity contribution in [3.8, 4) is 0 Å². The molecule has 0 unspecified atom stereocenters. The van der Waals surface area contributed by atoms with Gasteiger partial charge in [-0.1, -0.05) is 0 Å². The summed E-state index contributed by atoms with van der Waals surface area (Å²) < 4.78 is 4.86. The summed E-state index contributed by atoms with van der Waals surface area (Å²) in [6.07, 6.45) is 0. The zero-order valence-corrected chi connectivity index (χ0v) is 7.28. The third kappa shape index (κ3) is 2.25. The highest BCUT2D eigenvalue weighted by Crippen LogP contribution is 2.18. The summed E-state index contributed by atoms with van der Waals surface area (Å²) >= 11 is 5.50. The van der Waals surface area contributed by atoms with Gasteiger partial charge in [0.25, 0.3) is 0 Å². The quantitative estimate of drug-likeness (QED) is 0.542. The Morgan fingerprint density at radius 1 is 1.30 bits per heavy atom. The first kappa shape index (κ1) is 7.98. The molecule has 0 aliphatic heterocycles. The average Bonchev–Trinajstić information content (AvgIpc) is 1.95. The van der Waals surface area contributed by atoms with Crippen LogP contribution in [0.15, 0.2) is 34.1 Å². The van der Waals surface area contributed by atoms with Crippen LogP contribution in [-0.4, -0.2) is 7.11 Å². The van der Waals surface area contributed by atoms with Crippen LogP contribution in [0.2, 0.25) is 0 Å². The zero-order valence-electron chi connectivity index (χ0n) is 5.57. The molecule has 0 N–H and O–H groups in total. The minimum Gasteiger partial charge on any atom is -0.314 e. The second-order valence-corrected chi connectivity index (χ2v) is 3.23. The summed E-state index contributed by atoms with van der Waals surface area (Å²) in [6.45, 7) is 0. The largest absolute Gasteiger partial charge is 0.314 e. The minimum atomic E-state index is 0.973. The predicted molar refractivity (Wildman–Crippen MR) is 46.6 cm³/mol. The lowest BCUT2D eigenvalue weighted by Gasteiger charge is -1.96. The highest BCUT2D eigenvalue weighted by atomic mass is 32.2. The first-order valence-corrected chi connectivity index (χ1v) is 4.01. The summed E-state index contributed by atoms with van der Waals surface area (Å²) in [5.41, 5.74) is 0. The molecule has 54 valence electrons. The van der Waals surface area contributed by atoms with Gasteiger partial charge in [0.15, 0.2) is 0 Å². The van der Waals surface area contributed by atoms with Crippen LogP contribution in [0.1, 0.15) is 0 Å². The fourth-order valence-electron chi connectivity index (χ4n) is 0.598. The van der Waals surface area contributed by atoms with Crippen molar-refractivity contribution in [3.63, 3.8) is 0 Å². The van der Waals surface area contributed by atoms with E-state index in [4.69, 9.17) is 4.18 Å². The Bertz CT molecular complexity index is 195. The van der Waals surface area contributed by atoms with E-state index in [-0.39, 0.29) is 0 Å². The van der Waals surface area contributed by atoms with E-state index in [9.17, 15) is 0 Å². The number of benzene rings is 1. The molecule has 0 aromatic heterocycles. The van der Waals surface area contributed by atoms with Gasteiger partial charge in [-0.05, 0) is 24.3 Å². The molecule has 0 heterocycles. The molecule has 0 amide bonds. The van der Waals surface area contributed by atoms with E-state index in [2.05, 4.69) is 12.6 Å². The molecule has 0 bridgehead atoms. The highest BCUT2D eigenvalue weighted by molar-refractivity contribution is 7.94. The van der Waals surface area contributed by atoms with E-state index in [0.29, 0.717) is 0 Å². The summed E-state index contributed by atoms with van der Waals surface area (Å²) in [5.74, 6) is 0. The Balaban J connectivity index is 2.69. The van der Waals surface area contributed by atoms with Gasteiger partial charge in [-0.15, -0.1) is 12.6 Å². The molecule has 0 saturated carbocycles. The minimum absolute atomic E-state index is 0.973. The molecule has 1 nitrogen and oxygen atoms in total. The monoisotopic (exact) mass is 172 g/mol. The van der Waals surface area contributed by atoms with Crippen LogP contribution in [0.5, 0.6) is 0 Å². The van der Waals surface area contributed by atoms with Gasteiger partial charge in [0.2, 0.25) is 0 Å². The molecule has 1 aromatic rings. The van der Waals surface area contributed by atoms with Gasteiger partial charge >= 0.3 is 0 Å². The zero-order chi connectivity index (χ0) is 7.40. The molecule has 0 spiro atoms. The molecule has 0 aliphatic carbocycles. The molecule has 0 saturated heterocycles. The van der Waals surface area contributed by atoms with Crippen molar-refractivity contribution in [2.45, 2.75) is 9.79 Å². The van der Waals surface area contributed by atoms with Crippen molar-refractivity contribution in [1.82, 2.24) is 0 Å². The van der Waals surface area contributed by atoms with Crippen molar-refractivity contribution in [1.29, 1.82) is 0 Å². The molecule has 0 radical (unpaired) electrons. The maximum Gasteiger partial charge on any atom is 0.0508 e. The van der Waals surface area contributed by atoms with Crippen LogP contribution in [0.25, 0.3) is 0 Å². The third-order valence-electron chi connectivity index (χ3n) is 1.02. The van der Waals surface area contributed by atoms with Crippen LogP contribution in [-0.2, 0) is 4.18 Å². The fraction of sp³-hybridized carbons (Fsp3) is 0.143.